The molecule has 3 rings (SSSR count). The van der Waals surface area contributed by atoms with E-state index in [0.29, 0.717) is 24.7 Å². The number of hydrogen-bond acceptors (Lipinski definition) is 5. The fourth-order valence-electron chi connectivity index (χ4n) is 2.78. The van der Waals surface area contributed by atoms with Gasteiger partial charge in [0.05, 0.1) is 6.54 Å². The van der Waals surface area contributed by atoms with E-state index in [2.05, 4.69) is 16.0 Å². The predicted octanol–water partition coefficient (Wildman–Crippen LogP) is 1.53. The van der Waals surface area contributed by atoms with E-state index >= 15 is 0 Å². The van der Waals surface area contributed by atoms with Crippen molar-refractivity contribution in [3.05, 3.63) is 41.7 Å². The Morgan fingerprint density at radius 1 is 1.05 bits per heavy atom. The van der Waals surface area contributed by atoms with Crippen LogP contribution >= 0.6 is 0 Å². The summed E-state index contributed by atoms with van der Waals surface area (Å²) < 4.78 is 0. The Balaban J connectivity index is 1.79. The maximum Gasteiger partial charge on any atom is 0.246 e. The Morgan fingerprint density at radius 3 is 2.41 bits per heavy atom. The van der Waals surface area contributed by atoms with Crippen LogP contribution in [0.15, 0.2) is 30.6 Å². The minimum atomic E-state index is 0.0634. The smallest absolute Gasteiger partial charge is 0.246 e. The lowest BCUT2D eigenvalue weighted by Crippen LogP contribution is -2.51. The SMILES string of the molecule is Cc1cc(C)cc(N2CCN(c3cc(N)ncn3)CC2=O)c1. The van der Waals surface area contributed by atoms with Crippen molar-refractivity contribution in [3.8, 4) is 0 Å². The van der Waals surface area contributed by atoms with Crippen molar-refractivity contribution in [1.82, 2.24) is 9.97 Å². The molecule has 1 aromatic carbocycles. The summed E-state index contributed by atoms with van der Waals surface area (Å²) in [6, 6.07) is 7.89. The zero-order valence-corrected chi connectivity index (χ0v) is 12.8. The van der Waals surface area contributed by atoms with Gasteiger partial charge in [0.1, 0.15) is 18.0 Å². The lowest BCUT2D eigenvalue weighted by Gasteiger charge is -2.35. The van der Waals surface area contributed by atoms with Crippen LogP contribution in [0.1, 0.15) is 11.1 Å². The van der Waals surface area contributed by atoms with Crippen LogP contribution in [-0.2, 0) is 4.79 Å². The third kappa shape index (κ3) is 2.86. The topological polar surface area (TPSA) is 75.3 Å². The van der Waals surface area contributed by atoms with E-state index in [9.17, 15) is 4.79 Å². The summed E-state index contributed by atoms with van der Waals surface area (Å²) in [4.78, 5) is 24.3. The Hall–Kier alpha value is -2.63. The first-order valence-corrected chi connectivity index (χ1v) is 7.24. The van der Waals surface area contributed by atoms with Crippen LogP contribution < -0.4 is 15.5 Å². The van der Waals surface area contributed by atoms with Gasteiger partial charge in [0.25, 0.3) is 0 Å². The summed E-state index contributed by atoms with van der Waals surface area (Å²) in [5, 5.41) is 0. The molecule has 6 heteroatoms. The number of carbonyl (C=O) groups excluding carboxylic acids is 1. The van der Waals surface area contributed by atoms with Gasteiger partial charge < -0.3 is 15.5 Å². The molecule has 1 aliphatic heterocycles. The van der Waals surface area contributed by atoms with E-state index in [1.807, 2.05) is 35.8 Å². The number of nitrogen functional groups attached to an aromatic ring is 1. The molecule has 0 unspecified atom stereocenters. The van der Waals surface area contributed by atoms with E-state index in [1.165, 1.54) is 6.33 Å². The van der Waals surface area contributed by atoms with Crippen molar-refractivity contribution in [2.75, 3.05) is 35.2 Å². The van der Waals surface area contributed by atoms with E-state index in [4.69, 9.17) is 5.73 Å². The number of amides is 1. The normalized spacial score (nSPS) is 15.3. The molecule has 0 spiro atoms. The molecular weight excluding hydrogens is 278 g/mol. The first-order chi connectivity index (χ1) is 10.5. The molecule has 22 heavy (non-hydrogen) atoms. The second kappa shape index (κ2) is 5.63. The van der Waals surface area contributed by atoms with Crippen LogP contribution in [0.25, 0.3) is 0 Å². The number of rotatable bonds is 2. The maximum absolute atomic E-state index is 12.5. The Labute approximate surface area is 129 Å². The highest BCUT2D eigenvalue weighted by molar-refractivity contribution is 5.97. The number of carbonyl (C=O) groups is 1. The van der Waals surface area contributed by atoms with Crippen LogP contribution in [0, 0.1) is 13.8 Å². The van der Waals surface area contributed by atoms with Crippen molar-refractivity contribution in [2.45, 2.75) is 13.8 Å². The molecule has 1 saturated heterocycles. The van der Waals surface area contributed by atoms with Crippen LogP contribution in [-0.4, -0.2) is 35.5 Å². The van der Waals surface area contributed by atoms with Crippen LogP contribution in [0.4, 0.5) is 17.3 Å². The van der Waals surface area contributed by atoms with Gasteiger partial charge in [0.2, 0.25) is 5.91 Å². The number of nitrogens with two attached hydrogens (primary N) is 1. The van der Waals surface area contributed by atoms with Gasteiger partial charge in [-0.3, -0.25) is 4.79 Å². The standard InChI is InChI=1S/C16H19N5O/c1-11-5-12(2)7-13(6-11)21-4-3-20(9-16(21)22)15-8-14(17)18-10-19-15/h5-8,10H,3-4,9H2,1-2H3,(H2,17,18,19). The monoisotopic (exact) mass is 297 g/mol. The van der Waals surface area contributed by atoms with Gasteiger partial charge in [0.15, 0.2) is 0 Å². The molecule has 0 saturated carbocycles. The number of hydrogen-bond donors (Lipinski definition) is 1. The summed E-state index contributed by atoms with van der Waals surface area (Å²) >= 11 is 0. The summed E-state index contributed by atoms with van der Waals surface area (Å²) in [7, 11) is 0. The summed E-state index contributed by atoms with van der Waals surface area (Å²) in [6.07, 6.45) is 1.42. The molecule has 0 atom stereocenters. The molecule has 2 heterocycles. The zero-order chi connectivity index (χ0) is 15.7. The van der Waals surface area contributed by atoms with Crippen molar-refractivity contribution in [1.29, 1.82) is 0 Å². The minimum absolute atomic E-state index is 0.0634. The van der Waals surface area contributed by atoms with Crippen molar-refractivity contribution in [2.24, 2.45) is 0 Å². The number of aryl methyl sites for hydroxylation is 2. The number of benzene rings is 1. The van der Waals surface area contributed by atoms with E-state index in [-0.39, 0.29) is 5.91 Å². The average molecular weight is 297 g/mol. The molecule has 1 amide bonds. The average Bonchev–Trinajstić information content (AvgIpc) is 2.46. The largest absolute Gasteiger partial charge is 0.384 e. The highest BCUT2D eigenvalue weighted by Gasteiger charge is 2.26. The lowest BCUT2D eigenvalue weighted by molar-refractivity contribution is -0.117. The van der Waals surface area contributed by atoms with Crippen LogP contribution in [0.2, 0.25) is 0 Å². The Morgan fingerprint density at radius 2 is 1.77 bits per heavy atom. The van der Waals surface area contributed by atoms with Gasteiger partial charge in [-0.05, 0) is 37.1 Å². The molecule has 2 aromatic rings. The molecule has 2 N–H and O–H groups in total. The van der Waals surface area contributed by atoms with Crippen molar-refractivity contribution < 1.29 is 4.79 Å². The first kappa shape index (κ1) is 14.3. The quantitative estimate of drug-likeness (QED) is 0.910. The Kier molecular flexibility index (Phi) is 3.66. The van der Waals surface area contributed by atoms with Gasteiger partial charge in [-0.1, -0.05) is 6.07 Å². The third-order valence-electron chi connectivity index (χ3n) is 3.74. The third-order valence-corrected chi connectivity index (χ3v) is 3.74. The fraction of sp³-hybridized carbons (Fsp3) is 0.312. The minimum Gasteiger partial charge on any atom is -0.384 e. The first-order valence-electron chi connectivity index (χ1n) is 7.24. The van der Waals surface area contributed by atoms with Gasteiger partial charge in [0, 0.05) is 24.8 Å². The van der Waals surface area contributed by atoms with Gasteiger partial charge in [-0.2, -0.15) is 0 Å². The number of anilines is 3. The predicted molar refractivity (Wildman–Crippen MR) is 86.9 cm³/mol. The second-order valence-electron chi connectivity index (χ2n) is 5.61. The highest BCUT2D eigenvalue weighted by Crippen LogP contribution is 2.22. The van der Waals surface area contributed by atoms with Crippen molar-refractivity contribution >= 4 is 23.2 Å². The summed E-state index contributed by atoms with van der Waals surface area (Å²) in [6.45, 7) is 5.73. The maximum atomic E-state index is 12.5. The highest BCUT2D eigenvalue weighted by atomic mass is 16.2. The van der Waals surface area contributed by atoms with Crippen LogP contribution in [0.3, 0.4) is 0 Å². The number of piperazine rings is 1. The number of nitrogens with zero attached hydrogens (tertiary/aromatic N) is 4. The van der Waals surface area contributed by atoms with Gasteiger partial charge >= 0.3 is 0 Å². The molecule has 6 nitrogen and oxygen atoms in total. The van der Waals surface area contributed by atoms with E-state index in [0.717, 1.165) is 23.4 Å². The van der Waals surface area contributed by atoms with Gasteiger partial charge in [-0.25, -0.2) is 9.97 Å². The fourth-order valence-corrected chi connectivity index (χ4v) is 2.78. The lowest BCUT2D eigenvalue weighted by atomic mass is 10.1. The molecule has 0 bridgehead atoms. The Bertz CT molecular complexity index is 695. The van der Waals surface area contributed by atoms with E-state index in [1.54, 1.807) is 6.07 Å². The molecule has 114 valence electrons. The molecule has 1 fully saturated rings. The molecule has 0 aliphatic carbocycles. The molecular formula is C16H19N5O. The van der Waals surface area contributed by atoms with Crippen molar-refractivity contribution in [3.63, 3.8) is 0 Å². The molecule has 1 aromatic heterocycles. The second-order valence-corrected chi connectivity index (χ2v) is 5.61. The number of aromatic nitrogens is 2. The molecule has 0 radical (unpaired) electrons. The van der Waals surface area contributed by atoms with Crippen LogP contribution in [0.5, 0.6) is 0 Å². The zero-order valence-electron chi connectivity index (χ0n) is 12.8. The molecule has 1 aliphatic rings. The van der Waals surface area contributed by atoms with Gasteiger partial charge in [-0.15, -0.1) is 0 Å². The summed E-state index contributed by atoms with van der Waals surface area (Å²) in [5.41, 5.74) is 8.96. The summed E-state index contributed by atoms with van der Waals surface area (Å²) in [5.74, 6) is 1.17. The van der Waals surface area contributed by atoms with E-state index < -0.39 is 0 Å².